The standard InChI is InChI=1S/C13H14ClFN4/c1-2-7-16-13-17-8-9(14)12(19-13)18-11-6-4-3-5-10(11)15/h3-6,8H,2,7H2,1H3,(H2,16,17,18,19). The first-order valence-corrected chi connectivity index (χ1v) is 6.36. The molecule has 0 amide bonds. The predicted octanol–water partition coefficient (Wildman–Crippen LogP) is 3.83. The van der Waals surface area contributed by atoms with Gasteiger partial charge in [0.15, 0.2) is 5.82 Å². The molecule has 0 spiro atoms. The van der Waals surface area contributed by atoms with Crippen molar-refractivity contribution in [3.05, 3.63) is 41.3 Å². The van der Waals surface area contributed by atoms with E-state index in [-0.39, 0.29) is 5.82 Å². The zero-order valence-electron chi connectivity index (χ0n) is 10.5. The number of halogens is 2. The zero-order valence-corrected chi connectivity index (χ0v) is 11.2. The van der Waals surface area contributed by atoms with Crippen LogP contribution in [-0.2, 0) is 0 Å². The van der Waals surface area contributed by atoms with Crippen molar-refractivity contribution in [2.24, 2.45) is 0 Å². The molecule has 1 aromatic carbocycles. The highest BCUT2D eigenvalue weighted by atomic mass is 35.5. The first kappa shape index (κ1) is 13.5. The lowest BCUT2D eigenvalue weighted by molar-refractivity contribution is 0.632. The molecule has 19 heavy (non-hydrogen) atoms. The van der Waals surface area contributed by atoms with Gasteiger partial charge < -0.3 is 10.6 Å². The Morgan fingerprint density at radius 3 is 2.84 bits per heavy atom. The Morgan fingerprint density at radius 1 is 1.32 bits per heavy atom. The van der Waals surface area contributed by atoms with Gasteiger partial charge in [0.05, 0.1) is 11.9 Å². The van der Waals surface area contributed by atoms with Crippen LogP contribution in [-0.4, -0.2) is 16.5 Å². The highest BCUT2D eigenvalue weighted by Crippen LogP contribution is 2.25. The fourth-order valence-electron chi connectivity index (χ4n) is 1.47. The lowest BCUT2D eigenvalue weighted by atomic mass is 10.3. The average Bonchev–Trinajstić information content (AvgIpc) is 2.42. The number of para-hydroxylation sites is 1. The molecule has 0 fully saturated rings. The normalized spacial score (nSPS) is 10.3. The summed E-state index contributed by atoms with van der Waals surface area (Å²) in [7, 11) is 0. The molecule has 0 saturated heterocycles. The Morgan fingerprint density at radius 2 is 2.11 bits per heavy atom. The molecule has 0 aliphatic rings. The summed E-state index contributed by atoms with van der Waals surface area (Å²) in [6.07, 6.45) is 2.44. The van der Waals surface area contributed by atoms with Gasteiger partial charge in [-0.25, -0.2) is 9.37 Å². The third-order valence-corrected chi connectivity index (χ3v) is 2.68. The van der Waals surface area contributed by atoms with E-state index in [0.29, 0.717) is 22.5 Å². The van der Waals surface area contributed by atoms with Crippen molar-refractivity contribution in [3.8, 4) is 0 Å². The first-order valence-electron chi connectivity index (χ1n) is 5.98. The maximum Gasteiger partial charge on any atom is 0.224 e. The van der Waals surface area contributed by atoms with Crippen LogP contribution in [0.1, 0.15) is 13.3 Å². The molecule has 0 saturated carbocycles. The smallest absolute Gasteiger partial charge is 0.224 e. The monoisotopic (exact) mass is 280 g/mol. The van der Waals surface area contributed by atoms with Gasteiger partial charge in [0.1, 0.15) is 10.8 Å². The molecule has 0 radical (unpaired) electrons. The van der Waals surface area contributed by atoms with Crippen LogP contribution in [0.4, 0.5) is 21.8 Å². The Labute approximate surface area is 116 Å². The molecule has 0 atom stereocenters. The molecular weight excluding hydrogens is 267 g/mol. The number of benzene rings is 1. The van der Waals surface area contributed by atoms with Crippen LogP contribution < -0.4 is 10.6 Å². The Hall–Kier alpha value is -1.88. The van der Waals surface area contributed by atoms with E-state index in [2.05, 4.69) is 20.6 Å². The average molecular weight is 281 g/mol. The van der Waals surface area contributed by atoms with E-state index < -0.39 is 0 Å². The molecule has 6 heteroatoms. The van der Waals surface area contributed by atoms with Crippen LogP contribution in [0.2, 0.25) is 5.02 Å². The number of nitrogens with one attached hydrogen (secondary N) is 2. The molecule has 0 aliphatic heterocycles. The third kappa shape index (κ3) is 3.54. The third-order valence-electron chi connectivity index (χ3n) is 2.40. The van der Waals surface area contributed by atoms with Crippen LogP contribution >= 0.6 is 11.6 Å². The van der Waals surface area contributed by atoms with E-state index in [9.17, 15) is 4.39 Å². The molecule has 2 N–H and O–H groups in total. The van der Waals surface area contributed by atoms with Crippen LogP contribution in [0.25, 0.3) is 0 Å². The fraction of sp³-hybridized carbons (Fsp3) is 0.231. The molecule has 0 unspecified atom stereocenters. The number of hydrogen-bond acceptors (Lipinski definition) is 4. The summed E-state index contributed by atoms with van der Waals surface area (Å²) in [6.45, 7) is 2.81. The second kappa shape index (κ2) is 6.33. The van der Waals surface area contributed by atoms with Gasteiger partial charge in [-0.15, -0.1) is 0 Å². The number of aromatic nitrogens is 2. The molecule has 4 nitrogen and oxygen atoms in total. The predicted molar refractivity (Wildman–Crippen MR) is 75.5 cm³/mol. The SMILES string of the molecule is CCCNc1ncc(Cl)c(Nc2ccccc2F)n1. The summed E-state index contributed by atoms with van der Waals surface area (Å²) in [5, 5.41) is 6.25. The molecular formula is C13H14ClFN4. The number of anilines is 3. The van der Waals surface area contributed by atoms with Gasteiger partial charge in [-0.2, -0.15) is 4.98 Å². The lowest BCUT2D eigenvalue weighted by Crippen LogP contribution is -2.06. The quantitative estimate of drug-likeness (QED) is 0.874. The van der Waals surface area contributed by atoms with Gasteiger partial charge in [-0.05, 0) is 18.6 Å². The topological polar surface area (TPSA) is 49.8 Å². The van der Waals surface area contributed by atoms with E-state index in [4.69, 9.17) is 11.6 Å². The van der Waals surface area contributed by atoms with E-state index in [1.165, 1.54) is 12.3 Å². The van der Waals surface area contributed by atoms with E-state index in [1.807, 2.05) is 6.92 Å². The van der Waals surface area contributed by atoms with Gasteiger partial charge >= 0.3 is 0 Å². The van der Waals surface area contributed by atoms with Gasteiger partial charge in [0, 0.05) is 6.54 Å². The fourth-order valence-corrected chi connectivity index (χ4v) is 1.61. The van der Waals surface area contributed by atoms with Crippen molar-refractivity contribution in [3.63, 3.8) is 0 Å². The minimum Gasteiger partial charge on any atom is -0.354 e. The number of rotatable bonds is 5. The summed E-state index contributed by atoms with van der Waals surface area (Å²) in [5.41, 5.74) is 0.324. The summed E-state index contributed by atoms with van der Waals surface area (Å²) < 4.78 is 13.5. The van der Waals surface area contributed by atoms with Gasteiger partial charge in [0.2, 0.25) is 5.95 Å². The van der Waals surface area contributed by atoms with Crippen LogP contribution in [0.5, 0.6) is 0 Å². The van der Waals surface area contributed by atoms with Gasteiger partial charge in [-0.3, -0.25) is 0 Å². The van der Waals surface area contributed by atoms with Crippen molar-refractivity contribution in [2.45, 2.75) is 13.3 Å². The van der Waals surface area contributed by atoms with Crippen molar-refractivity contribution in [1.29, 1.82) is 0 Å². The number of nitrogens with zero attached hydrogens (tertiary/aromatic N) is 2. The molecule has 2 aromatic rings. The molecule has 1 heterocycles. The summed E-state index contributed by atoms with van der Waals surface area (Å²) in [5.74, 6) is 0.478. The summed E-state index contributed by atoms with van der Waals surface area (Å²) in [4.78, 5) is 8.27. The maximum absolute atomic E-state index is 13.5. The molecule has 2 rings (SSSR count). The van der Waals surface area contributed by atoms with Crippen LogP contribution in [0.3, 0.4) is 0 Å². The second-order valence-electron chi connectivity index (χ2n) is 3.92. The second-order valence-corrected chi connectivity index (χ2v) is 4.33. The minimum atomic E-state index is -0.361. The zero-order chi connectivity index (χ0) is 13.7. The van der Waals surface area contributed by atoms with E-state index in [0.717, 1.165) is 13.0 Å². The highest BCUT2D eigenvalue weighted by molar-refractivity contribution is 6.32. The molecule has 0 aliphatic carbocycles. The maximum atomic E-state index is 13.5. The summed E-state index contributed by atoms with van der Waals surface area (Å²) in [6, 6.07) is 6.34. The van der Waals surface area contributed by atoms with Crippen molar-refractivity contribution in [1.82, 2.24) is 9.97 Å². The minimum absolute atomic E-state index is 0.324. The molecule has 1 aromatic heterocycles. The Kier molecular flexibility index (Phi) is 4.52. The summed E-state index contributed by atoms with van der Waals surface area (Å²) >= 11 is 5.99. The lowest BCUT2D eigenvalue weighted by Gasteiger charge is -2.10. The van der Waals surface area contributed by atoms with Crippen molar-refractivity contribution < 1.29 is 4.39 Å². The largest absolute Gasteiger partial charge is 0.354 e. The Balaban J connectivity index is 2.21. The Bertz CT molecular complexity index is 562. The van der Waals surface area contributed by atoms with Crippen molar-refractivity contribution >= 4 is 29.1 Å². The molecule has 0 bridgehead atoms. The molecule has 100 valence electrons. The number of hydrogen-bond donors (Lipinski definition) is 2. The first-order chi connectivity index (χ1) is 9.20. The van der Waals surface area contributed by atoms with E-state index >= 15 is 0 Å². The van der Waals surface area contributed by atoms with Gasteiger partial charge in [-0.1, -0.05) is 30.7 Å². The van der Waals surface area contributed by atoms with Crippen LogP contribution in [0, 0.1) is 5.82 Å². The van der Waals surface area contributed by atoms with Crippen molar-refractivity contribution in [2.75, 3.05) is 17.2 Å². The highest BCUT2D eigenvalue weighted by Gasteiger charge is 2.08. The van der Waals surface area contributed by atoms with Gasteiger partial charge in [0.25, 0.3) is 0 Å². The van der Waals surface area contributed by atoms with E-state index in [1.54, 1.807) is 18.2 Å². The van der Waals surface area contributed by atoms with Crippen LogP contribution in [0.15, 0.2) is 30.5 Å².